The smallest absolute Gasteiger partial charge is 0.226 e. The first-order valence-corrected chi connectivity index (χ1v) is 7.29. The summed E-state index contributed by atoms with van der Waals surface area (Å²) in [6.07, 6.45) is 0.246. The van der Waals surface area contributed by atoms with Gasteiger partial charge in [0.15, 0.2) is 0 Å². The third kappa shape index (κ3) is 2.66. The summed E-state index contributed by atoms with van der Waals surface area (Å²) < 4.78 is 0. The molecule has 5 heteroatoms. The number of carbonyl (C=O) groups is 2. The minimum atomic E-state index is -0.373. The number of hydrogen-bond acceptors (Lipinski definition) is 2. The van der Waals surface area contributed by atoms with Crippen LogP contribution < -0.4 is 5.32 Å². The van der Waals surface area contributed by atoms with E-state index in [1.54, 1.807) is 11.0 Å². The summed E-state index contributed by atoms with van der Waals surface area (Å²) in [5.41, 5.74) is 0.845. The molecular weight excluding hydrogens is 276 g/mol. The van der Waals surface area contributed by atoms with E-state index in [2.05, 4.69) is 5.32 Å². The summed E-state index contributed by atoms with van der Waals surface area (Å²) in [7, 11) is 0. The average Bonchev–Trinajstić information content (AvgIpc) is 2.76. The number of nitrogens with one attached hydrogen (secondary N) is 1. The highest BCUT2D eigenvalue weighted by molar-refractivity contribution is 6.31. The zero-order chi connectivity index (χ0) is 14.7. The number of halogens is 1. The van der Waals surface area contributed by atoms with Crippen molar-refractivity contribution in [2.75, 3.05) is 13.1 Å². The number of hydrogen-bond donors (Lipinski definition) is 1. The second-order valence-corrected chi connectivity index (χ2v) is 5.26. The van der Waals surface area contributed by atoms with E-state index in [1.807, 2.05) is 32.0 Å². The summed E-state index contributed by atoms with van der Waals surface area (Å²) in [6.45, 7) is 4.92. The Kier molecular flexibility index (Phi) is 4.65. The second kappa shape index (κ2) is 6.27. The number of likely N-dealkylation sites (tertiary alicyclic amines) is 1. The summed E-state index contributed by atoms with van der Waals surface area (Å²) in [5, 5.41) is 3.41. The van der Waals surface area contributed by atoms with Crippen LogP contribution in [0.4, 0.5) is 0 Å². The minimum absolute atomic E-state index is 0.00803. The van der Waals surface area contributed by atoms with E-state index < -0.39 is 0 Å². The minimum Gasteiger partial charge on any atom is -0.356 e. The molecule has 0 unspecified atom stereocenters. The lowest BCUT2D eigenvalue weighted by molar-refractivity contribution is -0.129. The van der Waals surface area contributed by atoms with Gasteiger partial charge in [-0.05, 0) is 25.5 Å². The lowest BCUT2D eigenvalue weighted by Gasteiger charge is -2.27. The summed E-state index contributed by atoms with van der Waals surface area (Å²) >= 11 is 6.25. The van der Waals surface area contributed by atoms with Gasteiger partial charge in [0.25, 0.3) is 0 Å². The molecule has 0 spiro atoms. The Morgan fingerprint density at radius 1 is 1.40 bits per heavy atom. The first kappa shape index (κ1) is 14.9. The Hall–Kier alpha value is -1.55. The standard InChI is InChI=1S/C15H19ClN2O2/c1-3-17-15(20)11-9-13(19)18(4-2)14(11)10-7-5-6-8-12(10)16/h5-8,11,14H,3-4,9H2,1-2H3,(H,17,20)/t11-,14+/m1/s1. The fourth-order valence-corrected chi connectivity index (χ4v) is 3.05. The van der Waals surface area contributed by atoms with Crippen molar-refractivity contribution in [1.82, 2.24) is 10.2 Å². The van der Waals surface area contributed by atoms with Crippen molar-refractivity contribution in [3.05, 3.63) is 34.9 Å². The predicted molar refractivity (Wildman–Crippen MR) is 78.4 cm³/mol. The Morgan fingerprint density at radius 3 is 2.70 bits per heavy atom. The molecule has 1 N–H and O–H groups in total. The Bertz CT molecular complexity index is 518. The number of amides is 2. The molecule has 1 heterocycles. The van der Waals surface area contributed by atoms with Crippen molar-refractivity contribution in [2.45, 2.75) is 26.3 Å². The van der Waals surface area contributed by atoms with Crippen LogP contribution in [0.25, 0.3) is 0 Å². The average molecular weight is 295 g/mol. The fourth-order valence-electron chi connectivity index (χ4n) is 2.80. The Balaban J connectivity index is 2.40. The van der Waals surface area contributed by atoms with Crippen molar-refractivity contribution >= 4 is 23.4 Å². The van der Waals surface area contributed by atoms with Gasteiger partial charge in [-0.1, -0.05) is 29.8 Å². The molecule has 0 aliphatic carbocycles. The van der Waals surface area contributed by atoms with Crippen LogP contribution >= 0.6 is 11.6 Å². The fraction of sp³-hybridized carbons (Fsp3) is 0.467. The molecule has 0 saturated carbocycles. The van der Waals surface area contributed by atoms with Crippen LogP contribution in [0.2, 0.25) is 5.02 Å². The van der Waals surface area contributed by atoms with Crippen LogP contribution in [0.1, 0.15) is 31.9 Å². The maximum atomic E-state index is 12.2. The molecule has 1 aromatic rings. The molecular formula is C15H19ClN2O2. The Labute approximate surface area is 124 Å². The van der Waals surface area contributed by atoms with Gasteiger partial charge in [0.2, 0.25) is 11.8 Å². The highest BCUT2D eigenvalue weighted by Crippen LogP contribution is 2.40. The van der Waals surface area contributed by atoms with Crippen molar-refractivity contribution in [2.24, 2.45) is 5.92 Å². The van der Waals surface area contributed by atoms with E-state index in [-0.39, 0.29) is 30.2 Å². The van der Waals surface area contributed by atoms with Gasteiger partial charge in [-0.2, -0.15) is 0 Å². The van der Waals surface area contributed by atoms with Crippen molar-refractivity contribution in [3.8, 4) is 0 Å². The lowest BCUT2D eigenvalue weighted by Crippen LogP contribution is -2.35. The lowest BCUT2D eigenvalue weighted by atomic mass is 9.92. The van der Waals surface area contributed by atoms with E-state index in [0.29, 0.717) is 18.1 Å². The van der Waals surface area contributed by atoms with Gasteiger partial charge < -0.3 is 10.2 Å². The van der Waals surface area contributed by atoms with Crippen LogP contribution in [-0.2, 0) is 9.59 Å². The molecule has 4 nitrogen and oxygen atoms in total. The van der Waals surface area contributed by atoms with Gasteiger partial charge >= 0.3 is 0 Å². The van der Waals surface area contributed by atoms with Crippen LogP contribution in [0.3, 0.4) is 0 Å². The molecule has 0 bridgehead atoms. The molecule has 1 aromatic carbocycles. The monoisotopic (exact) mass is 294 g/mol. The SMILES string of the molecule is CCNC(=O)[C@@H]1CC(=O)N(CC)[C@H]1c1ccccc1Cl. The third-order valence-electron chi connectivity index (χ3n) is 3.68. The van der Waals surface area contributed by atoms with Crippen LogP contribution in [-0.4, -0.2) is 29.8 Å². The molecule has 2 amide bonds. The molecule has 1 fully saturated rings. The number of carbonyl (C=O) groups excluding carboxylic acids is 2. The number of nitrogens with zero attached hydrogens (tertiary/aromatic N) is 1. The van der Waals surface area contributed by atoms with Crippen molar-refractivity contribution < 1.29 is 9.59 Å². The molecule has 108 valence electrons. The maximum Gasteiger partial charge on any atom is 0.226 e. The van der Waals surface area contributed by atoms with Crippen molar-refractivity contribution in [3.63, 3.8) is 0 Å². The molecule has 20 heavy (non-hydrogen) atoms. The van der Waals surface area contributed by atoms with Gasteiger partial charge in [0.05, 0.1) is 12.0 Å². The van der Waals surface area contributed by atoms with E-state index in [9.17, 15) is 9.59 Å². The molecule has 0 aromatic heterocycles. The summed E-state index contributed by atoms with van der Waals surface area (Å²) in [4.78, 5) is 26.1. The normalized spacial score (nSPS) is 22.1. The van der Waals surface area contributed by atoms with E-state index in [0.717, 1.165) is 5.56 Å². The summed E-state index contributed by atoms with van der Waals surface area (Å²) in [6, 6.07) is 7.14. The van der Waals surface area contributed by atoms with Crippen LogP contribution in [0.15, 0.2) is 24.3 Å². The van der Waals surface area contributed by atoms with E-state index in [1.165, 1.54) is 0 Å². The zero-order valence-electron chi connectivity index (χ0n) is 11.7. The predicted octanol–water partition coefficient (Wildman–Crippen LogP) is 2.39. The van der Waals surface area contributed by atoms with Gasteiger partial charge in [0, 0.05) is 24.5 Å². The second-order valence-electron chi connectivity index (χ2n) is 4.85. The third-order valence-corrected chi connectivity index (χ3v) is 4.03. The largest absolute Gasteiger partial charge is 0.356 e. The maximum absolute atomic E-state index is 12.2. The molecule has 1 aliphatic rings. The quantitative estimate of drug-likeness (QED) is 0.927. The molecule has 2 rings (SSSR count). The van der Waals surface area contributed by atoms with E-state index >= 15 is 0 Å². The molecule has 0 radical (unpaired) electrons. The number of benzene rings is 1. The van der Waals surface area contributed by atoms with Gasteiger partial charge in [-0.25, -0.2) is 0 Å². The van der Waals surface area contributed by atoms with Crippen LogP contribution in [0, 0.1) is 5.92 Å². The molecule has 1 saturated heterocycles. The highest BCUT2D eigenvalue weighted by Gasteiger charge is 2.44. The first-order chi connectivity index (χ1) is 9.60. The Morgan fingerprint density at radius 2 is 2.10 bits per heavy atom. The molecule has 2 atom stereocenters. The zero-order valence-corrected chi connectivity index (χ0v) is 12.5. The van der Waals surface area contributed by atoms with Gasteiger partial charge in [-0.3, -0.25) is 9.59 Å². The topological polar surface area (TPSA) is 49.4 Å². The van der Waals surface area contributed by atoms with Gasteiger partial charge in [0.1, 0.15) is 0 Å². The van der Waals surface area contributed by atoms with Crippen molar-refractivity contribution in [1.29, 1.82) is 0 Å². The van der Waals surface area contributed by atoms with Crippen LogP contribution in [0.5, 0.6) is 0 Å². The summed E-state index contributed by atoms with van der Waals surface area (Å²) in [5.74, 6) is -0.447. The highest BCUT2D eigenvalue weighted by atomic mass is 35.5. The van der Waals surface area contributed by atoms with Gasteiger partial charge in [-0.15, -0.1) is 0 Å². The first-order valence-electron chi connectivity index (χ1n) is 6.91. The molecule has 1 aliphatic heterocycles. The number of rotatable bonds is 4. The van der Waals surface area contributed by atoms with E-state index in [4.69, 9.17) is 11.6 Å².